The molecule has 0 N–H and O–H groups in total. The van der Waals surface area contributed by atoms with Crippen LogP contribution in [-0.4, -0.2) is 37.7 Å². The van der Waals surface area contributed by atoms with Crippen LogP contribution in [0.15, 0.2) is 59.8 Å². The first-order valence-corrected chi connectivity index (χ1v) is 6.78. The molecular formula is C17H18N2O3. The Morgan fingerprint density at radius 3 is 2.27 bits per heavy atom. The zero-order valence-electron chi connectivity index (χ0n) is 12.8. The van der Waals surface area contributed by atoms with Crippen LogP contribution in [0.1, 0.15) is 5.56 Å². The lowest BCUT2D eigenvalue weighted by molar-refractivity contribution is -0.121. The summed E-state index contributed by atoms with van der Waals surface area (Å²) in [7, 11) is 4.73. The largest absolute Gasteiger partial charge is 0.457 e. The third kappa shape index (κ3) is 3.63. The Balaban J connectivity index is 2.42. The van der Waals surface area contributed by atoms with Crippen molar-refractivity contribution < 1.29 is 14.4 Å². The van der Waals surface area contributed by atoms with Crippen LogP contribution < -0.4 is 4.74 Å². The number of benzene rings is 2. The second-order valence-corrected chi connectivity index (χ2v) is 4.73. The quantitative estimate of drug-likeness (QED) is 0.630. The number of hydrogen-bond acceptors (Lipinski definition) is 4. The molecule has 5 heteroatoms. The zero-order valence-corrected chi connectivity index (χ0v) is 12.8. The molecule has 1 amide bonds. The van der Waals surface area contributed by atoms with Gasteiger partial charge in [0.2, 0.25) is 0 Å². The van der Waals surface area contributed by atoms with Crippen LogP contribution in [0.5, 0.6) is 11.5 Å². The number of amides is 1. The molecule has 0 heterocycles. The van der Waals surface area contributed by atoms with Gasteiger partial charge in [0.1, 0.15) is 18.6 Å². The summed E-state index contributed by atoms with van der Waals surface area (Å²) in [4.78, 5) is 18.6. The molecule has 0 aromatic heterocycles. The van der Waals surface area contributed by atoms with E-state index in [0.29, 0.717) is 17.1 Å². The monoisotopic (exact) mass is 298 g/mol. The molecule has 2 aromatic carbocycles. The first-order chi connectivity index (χ1) is 10.6. The minimum atomic E-state index is -0.258. The first-order valence-electron chi connectivity index (χ1n) is 6.78. The van der Waals surface area contributed by atoms with Crippen molar-refractivity contribution in [2.45, 2.75) is 0 Å². The van der Waals surface area contributed by atoms with Crippen molar-refractivity contribution in [3.63, 3.8) is 0 Å². The van der Waals surface area contributed by atoms with Crippen LogP contribution in [0.3, 0.4) is 0 Å². The predicted molar refractivity (Wildman–Crippen MR) is 85.2 cm³/mol. The Morgan fingerprint density at radius 1 is 1.00 bits per heavy atom. The van der Waals surface area contributed by atoms with Gasteiger partial charge in [-0.2, -0.15) is 0 Å². The molecular weight excluding hydrogens is 280 g/mol. The van der Waals surface area contributed by atoms with Crippen LogP contribution in [0.25, 0.3) is 0 Å². The van der Waals surface area contributed by atoms with E-state index in [1.807, 2.05) is 42.5 Å². The topological polar surface area (TPSA) is 51.1 Å². The van der Waals surface area contributed by atoms with E-state index in [-0.39, 0.29) is 11.6 Å². The molecule has 22 heavy (non-hydrogen) atoms. The van der Waals surface area contributed by atoms with Gasteiger partial charge in [0, 0.05) is 14.1 Å². The normalized spacial score (nSPS) is 11.0. The summed E-state index contributed by atoms with van der Waals surface area (Å²) in [6.07, 6.45) is 0. The number of carbonyl (C=O) groups is 1. The number of likely N-dealkylation sites (N-methyl/N-ethyl adjacent to an activating group) is 1. The van der Waals surface area contributed by atoms with Crippen LogP contribution in [0, 0.1) is 0 Å². The molecule has 0 saturated heterocycles. The highest BCUT2D eigenvalue weighted by Crippen LogP contribution is 2.26. The smallest absolute Gasteiger partial charge is 0.276 e. The lowest BCUT2D eigenvalue weighted by Gasteiger charge is -2.15. The fourth-order valence-electron chi connectivity index (χ4n) is 1.87. The minimum Gasteiger partial charge on any atom is -0.457 e. The average Bonchev–Trinajstić information content (AvgIpc) is 2.54. The molecule has 0 fully saturated rings. The standard InChI is InChI=1S/C17H18N2O3/c1-19(2)17(20)16(18-21-3)14-11-7-8-12-15(14)22-13-9-5-4-6-10-13/h4-12H,1-3H3/b18-16+. The third-order valence-corrected chi connectivity index (χ3v) is 2.90. The van der Waals surface area contributed by atoms with Gasteiger partial charge in [0.25, 0.3) is 5.91 Å². The predicted octanol–water partition coefficient (Wildman–Crippen LogP) is 2.92. The van der Waals surface area contributed by atoms with Gasteiger partial charge in [-0.05, 0) is 24.3 Å². The number of carbonyl (C=O) groups excluding carboxylic acids is 1. The SMILES string of the molecule is CO/N=C(/C(=O)N(C)C)c1ccccc1Oc1ccccc1. The highest BCUT2D eigenvalue weighted by Gasteiger charge is 2.21. The van der Waals surface area contributed by atoms with Crippen molar-refractivity contribution in [2.75, 3.05) is 21.2 Å². The molecule has 2 aromatic rings. The van der Waals surface area contributed by atoms with E-state index in [1.165, 1.54) is 12.0 Å². The van der Waals surface area contributed by atoms with Gasteiger partial charge in [-0.25, -0.2) is 0 Å². The van der Waals surface area contributed by atoms with E-state index in [9.17, 15) is 4.79 Å². The lowest BCUT2D eigenvalue weighted by Crippen LogP contribution is -2.31. The van der Waals surface area contributed by atoms with Crippen LogP contribution in [0.2, 0.25) is 0 Å². The molecule has 0 radical (unpaired) electrons. The van der Waals surface area contributed by atoms with E-state index in [2.05, 4.69) is 5.16 Å². The highest BCUT2D eigenvalue weighted by atomic mass is 16.6. The summed E-state index contributed by atoms with van der Waals surface area (Å²) in [5.41, 5.74) is 0.769. The fourth-order valence-corrected chi connectivity index (χ4v) is 1.87. The molecule has 0 aliphatic rings. The Morgan fingerprint density at radius 2 is 1.64 bits per heavy atom. The van der Waals surface area contributed by atoms with E-state index >= 15 is 0 Å². The Bertz CT molecular complexity index is 667. The molecule has 0 aliphatic heterocycles. The van der Waals surface area contributed by atoms with Gasteiger partial charge in [-0.15, -0.1) is 0 Å². The molecule has 0 atom stereocenters. The number of nitrogens with zero attached hydrogens (tertiary/aromatic N) is 2. The van der Waals surface area contributed by atoms with Gasteiger partial charge in [-0.1, -0.05) is 35.5 Å². The van der Waals surface area contributed by atoms with Crippen molar-refractivity contribution >= 4 is 11.6 Å². The molecule has 0 unspecified atom stereocenters. The van der Waals surface area contributed by atoms with Crippen molar-refractivity contribution in [1.29, 1.82) is 0 Å². The molecule has 5 nitrogen and oxygen atoms in total. The number of ether oxygens (including phenoxy) is 1. The second kappa shape index (κ2) is 7.26. The number of rotatable bonds is 5. The third-order valence-electron chi connectivity index (χ3n) is 2.90. The van der Waals surface area contributed by atoms with Crippen LogP contribution in [-0.2, 0) is 9.63 Å². The van der Waals surface area contributed by atoms with Crippen LogP contribution >= 0.6 is 0 Å². The maximum absolute atomic E-state index is 12.3. The summed E-state index contributed by atoms with van der Waals surface area (Å²) >= 11 is 0. The summed E-state index contributed by atoms with van der Waals surface area (Å²) in [5, 5.41) is 3.86. The number of hydrogen-bond donors (Lipinski definition) is 0. The van der Waals surface area contributed by atoms with Crippen molar-refractivity contribution in [1.82, 2.24) is 4.90 Å². The van der Waals surface area contributed by atoms with Crippen molar-refractivity contribution in [3.05, 3.63) is 60.2 Å². The number of para-hydroxylation sites is 2. The van der Waals surface area contributed by atoms with E-state index < -0.39 is 0 Å². The average molecular weight is 298 g/mol. The maximum Gasteiger partial charge on any atom is 0.276 e. The summed E-state index contributed by atoms with van der Waals surface area (Å²) < 4.78 is 5.86. The second-order valence-electron chi connectivity index (χ2n) is 4.73. The first kappa shape index (κ1) is 15.6. The highest BCUT2D eigenvalue weighted by molar-refractivity contribution is 6.45. The zero-order chi connectivity index (χ0) is 15.9. The molecule has 0 bridgehead atoms. The summed E-state index contributed by atoms with van der Waals surface area (Å²) in [5.74, 6) is 0.967. The number of oxime groups is 1. The van der Waals surface area contributed by atoms with Crippen molar-refractivity contribution in [3.8, 4) is 11.5 Å². The Labute approximate surface area is 129 Å². The van der Waals surface area contributed by atoms with Crippen molar-refractivity contribution in [2.24, 2.45) is 5.16 Å². The molecule has 0 spiro atoms. The maximum atomic E-state index is 12.3. The summed E-state index contributed by atoms with van der Waals surface area (Å²) in [6, 6.07) is 16.6. The minimum absolute atomic E-state index is 0.194. The van der Waals surface area contributed by atoms with E-state index in [0.717, 1.165) is 0 Å². The van der Waals surface area contributed by atoms with Crippen LogP contribution in [0.4, 0.5) is 0 Å². The molecule has 0 aliphatic carbocycles. The van der Waals surface area contributed by atoms with Gasteiger partial charge in [-0.3, -0.25) is 4.79 Å². The molecule has 114 valence electrons. The fraction of sp³-hybridized carbons (Fsp3) is 0.176. The van der Waals surface area contributed by atoms with E-state index in [1.54, 1.807) is 26.2 Å². The summed E-state index contributed by atoms with van der Waals surface area (Å²) in [6.45, 7) is 0. The van der Waals surface area contributed by atoms with E-state index in [4.69, 9.17) is 9.57 Å². The molecule has 0 saturated carbocycles. The Kier molecular flexibility index (Phi) is 5.14. The van der Waals surface area contributed by atoms with Gasteiger partial charge in [0.05, 0.1) is 5.56 Å². The van der Waals surface area contributed by atoms with Gasteiger partial charge in [0.15, 0.2) is 5.71 Å². The van der Waals surface area contributed by atoms with Gasteiger partial charge < -0.3 is 14.5 Å². The Hall–Kier alpha value is -2.82. The van der Waals surface area contributed by atoms with Gasteiger partial charge >= 0.3 is 0 Å². The lowest BCUT2D eigenvalue weighted by atomic mass is 10.1. The molecule has 2 rings (SSSR count).